The largest absolute Gasteiger partial charge is 0.481 e. The van der Waals surface area contributed by atoms with Crippen molar-refractivity contribution in [2.24, 2.45) is 0 Å². The maximum Gasteiger partial charge on any atom is 0.303 e. The number of nitrogens with one attached hydrogen (secondary N) is 2. The van der Waals surface area contributed by atoms with Crippen LogP contribution in [0.3, 0.4) is 0 Å². The molecule has 2 aromatic carbocycles. The molecule has 0 spiro atoms. The first-order valence-corrected chi connectivity index (χ1v) is 21.3. The average molecular weight is 891 g/mol. The Morgan fingerprint density at radius 2 is 1.02 bits per heavy atom. The Balaban J connectivity index is 1.14. The van der Waals surface area contributed by atoms with Crippen molar-refractivity contribution in [1.82, 2.24) is 30.6 Å². The number of ether oxygens (including phenoxy) is 4. The highest BCUT2D eigenvalue weighted by Crippen LogP contribution is 2.32. The van der Waals surface area contributed by atoms with Gasteiger partial charge in [0.15, 0.2) is 0 Å². The minimum absolute atomic E-state index is 0.0662. The molecule has 0 aliphatic rings. The molecule has 0 fully saturated rings. The summed E-state index contributed by atoms with van der Waals surface area (Å²) in [6.45, 7) is 6.65. The van der Waals surface area contributed by atoms with Gasteiger partial charge in [0.2, 0.25) is 23.5 Å². The van der Waals surface area contributed by atoms with Gasteiger partial charge in [0.25, 0.3) is 0 Å². The average Bonchev–Trinajstić information content (AvgIpc) is 3.32. The summed E-state index contributed by atoms with van der Waals surface area (Å²) in [6, 6.07) is 27.0. The lowest BCUT2D eigenvalue weighted by Crippen LogP contribution is -2.17. The van der Waals surface area contributed by atoms with E-state index in [1.165, 1.54) is 12.4 Å². The van der Waals surface area contributed by atoms with Gasteiger partial charge in [-0.3, -0.25) is 19.6 Å². The summed E-state index contributed by atoms with van der Waals surface area (Å²) in [6.07, 6.45) is 7.31. The van der Waals surface area contributed by atoms with Crippen molar-refractivity contribution in [3.63, 3.8) is 0 Å². The highest BCUT2D eigenvalue weighted by atomic mass is 16.5. The fourth-order valence-corrected chi connectivity index (χ4v) is 6.89. The quantitative estimate of drug-likeness (QED) is 0.0407. The van der Waals surface area contributed by atoms with Crippen molar-refractivity contribution in [2.45, 2.75) is 79.0 Å². The van der Waals surface area contributed by atoms with Crippen molar-refractivity contribution in [3.05, 3.63) is 153 Å². The smallest absolute Gasteiger partial charge is 0.303 e. The van der Waals surface area contributed by atoms with Crippen LogP contribution in [0.2, 0.25) is 0 Å². The van der Waals surface area contributed by atoms with Gasteiger partial charge >= 0.3 is 11.9 Å². The van der Waals surface area contributed by atoms with E-state index in [0.29, 0.717) is 84.8 Å². The minimum atomic E-state index is -0.847. The number of rotatable bonds is 25. The van der Waals surface area contributed by atoms with Crippen LogP contribution in [0.15, 0.2) is 97.6 Å². The highest BCUT2D eigenvalue weighted by molar-refractivity contribution is 5.72. The monoisotopic (exact) mass is 890 g/mol. The number of pyridine rings is 4. The van der Waals surface area contributed by atoms with E-state index in [2.05, 4.69) is 58.7 Å². The predicted molar refractivity (Wildman–Crippen MR) is 242 cm³/mol. The third kappa shape index (κ3) is 14.0. The van der Waals surface area contributed by atoms with Crippen LogP contribution >= 0.6 is 0 Å². The van der Waals surface area contributed by atoms with Crippen molar-refractivity contribution >= 4 is 11.9 Å². The zero-order chi connectivity index (χ0) is 46.7. The number of carboxylic acids is 2. The number of nitriles is 2. The fraction of sp³-hybridized carbons (Fsp3) is 0.280. The van der Waals surface area contributed by atoms with Crippen molar-refractivity contribution in [1.29, 1.82) is 10.5 Å². The number of aliphatic carboxylic acids is 2. The molecule has 6 aromatic rings. The number of aromatic nitrogens is 4. The van der Waals surface area contributed by atoms with Crippen molar-refractivity contribution in [2.75, 3.05) is 13.1 Å². The summed E-state index contributed by atoms with van der Waals surface area (Å²) in [4.78, 5) is 39.5. The number of hydrogen-bond donors (Lipinski definition) is 4. The second kappa shape index (κ2) is 24.2. The van der Waals surface area contributed by atoms with E-state index in [0.717, 1.165) is 44.5 Å². The van der Waals surface area contributed by atoms with Gasteiger partial charge in [-0.2, -0.15) is 20.5 Å². The Morgan fingerprint density at radius 3 is 1.42 bits per heavy atom. The van der Waals surface area contributed by atoms with Gasteiger partial charge in [0, 0.05) is 85.1 Å². The summed E-state index contributed by atoms with van der Waals surface area (Å²) in [5, 5.41) is 43.1. The van der Waals surface area contributed by atoms with Crippen LogP contribution in [-0.2, 0) is 49.1 Å². The molecular formula is C50H50N8O8. The van der Waals surface area contributed by atoms with Gasteiger partial charge in [0.1, 0.15) is 38.6 Å². The first-order chi connectivity index (χ1) is 32.1. The van der Waals surface area contributed by atoms with E-state index in [1.807, 2.05) is 36.4 Å². The molecule has 4 heterocycles. The molecule has 0 aliphatic heterocycles. The van der Waals surface area contributed by atoms with Crippen molar-refractivity contribution < 1.29 is 38.7 Å². The molecule has 338 valence electrons. The van der Waals surface area contributed by atoms with E-state index < -0.39 is 11.9 Å². The molecule has 0 unspecified atom stereocenters. The second-order valence-corrected chi connectivity index (χ2v) is 15.3. The molecule has 4 N–H and O–H groups in total. The zero-order valence-corrected chi connectivity index (χ0v) is 36.8. The summed E-state index contributed by atoms with van der Waals surface area (Å²) < 4.78 is 24.8. The Bertz CT molecular complexity index is 2530. The lowest BCUT2D eigenvalue weighted by atomic mass is 9.92. The fourth-order valence-electron chi connectivity index (χ4n) is 6.89. The lowest BCUT2D eigenvalue weighted by Gasteiger charge is -2.17. The molecule has 0 saturated heterocycles. The maximum absolute atomic E-state index is 11.0. The summed E-state index contributed by atoms with van der Waals surface area (Å²) in [7, 11) is 0. The Kier molecular flexibility index (Phi) is 17.5. The van der Waals surface area contributed by atoms with E-state index in [1.54, 1.807) is 36.7 Å². The first-order valence-electron chi connectivity index (χ1n) is 21.3. The Morgan fingerprint density at radius 1 is 0.576 bits per heavy atom. The molecule has 0 aliphatic carbocycles. The van der Waals surface area contributed by atoms with Gasteiger partial charge < -0.3 is 39.8 Å². The second-order valence-electron chi connectivity index (χ2n) is 15.3. The van der Waals surface area contributed by atoms with Crippen LogP contribution in [0.4, 0.5) is 0 Å². The first kappa shape index (κ1) is 47.6. The predicted octanol–water partition coefficient (Wildman–Crippen LogP) is 7.52. The number of carboxylic acid groups (broad SMARTS) is 2. The normalized spacial score (nSPS) is 10.7. The van der Waals surface area contributed by atoms with Gasteiger partial charge in [-0.25, -0.2) is 0 Å². The molecule has 4 aromatic heterocycles. The molecule has 0 atom stereocenters. The Hall–Kier alpha value is -7.92. The number of carbonyl (C=O) groups is 2. The van der Waals surface area contributed by atoms with E-state index in [9.17, 15) is 20.1 Å². The third-order valence-corrected chi connectivity index (χ3v) is 10.5. The molecule has 0 bridgehead atoms. The van der Waals surface area contributed by atoms with Crippen LogP contribution < -0.4 is 29.6 Å². The summed E-state index contributed by atoms with van der Waals surface area (Å²) in [5.74, 6) is -0.289. The zero-order valence-electron chi connectivity index (χ0n) is 36.8. The van der Waals surface area contributed by atoms with Crippen LogP contribution in [0, 0.1) is 36.5 Å². The highest BCUT2D eigenvalue weighted by Gasteiger charge is 2.16. The number of hydrogen-bond acceptors (Lipinski definition) is 14. The van der Waals surface area contributed by atoms with Crippen LogP contribution in [-0.4, -0.2) is 55.2 Å². The molecule has 16 nitrogen and oxygen atoms in total. The van der Waals surface area contributed by atoms with Crippen molar-refractivity contribution in [3.8, 4) is 46.8 Å². The molecular weight excluding hydrogens is 841 g/mol. The van der Waals surface area contributed by atoms with E-state index >= 15 is 0 Å². The molecule has 66 heavy (non-hydrogen) atoms. The van der Waals surface area contributed by atoms with Crippen LogP contribution in [0.5, 0.6) is 23.5 Å². The molecule has 6 rings (SSSR count). The van der Waals surface area contributed by atoms with Gasteiger partial charge in [-0.15, -0.1) is 0 Å². The molecule has 16 heteroatoms. The molecule has 0 amide bonds. The SMILES string of the molecule is Cc1c(COc2ccc(CNCCCC(=O)O)c(OCc3cncc(C#N)c3)n2)cccc1-c1cccc(COc2ccc(CNCCCC(=O)O)c(OCc3cncc(C#N)c3)n2)c1C. The van der Waals surface area contributed by atoms with Gasteiger partial charge in [-0.05, 0) is 97.4 Å². The Labute approximate surface area is 382 Å². The summed E-state index contributed by atoms with van der Waals surface area (Å²) in [5.41, 5.74) is 9.84. The van der Waals surface area contributed by atoms with Crippen LogP contribution in [0.25, 0.3) is 11.1 Å². The standard InChI is InChI=1S/C50H50N8O8/c1-33-41(31-63-45-15-13-39(27-53-17-5-11-47(59)60)49(57-45)65-29-37-19-35(21-51)23-55-25-37)7-3-9-43(33)44-10-4-8-42(34(44)2)32-64-46-16-14-40(28-54-18-6-12-48(61)62)50(58-46)66-30-38-20-36(22-52)24-56-26-38/h3-4,7-10,13-16,19-20,23-26,53-54H,5-6,11-12,17-18,27-32H2,1-2H3,(H,59,60)(H,61,62). The van der Waals surface area contributed by atoms with Crippen LogP contribution in [0.1, 0.15) is 81.3 Å². The minimum Gasteiger partial charge on any atom is -0.481 e. The lowest BCUT2D eigenvalue weighted by molar-refractivity contribution is -0.138. The maximum atomic E-state index is 11.0. The number of nitrogens with zero attached hydrogens (tertiary/aromatic N) is 6. The summed E-state index contributed by atoms with van der Waals surface area (Å²) >= 11 is 0. The van der Waals surface area contributed by atoms with Gasteiger partial charge in [0.05, 0.1) is 11.1 Å². The molecule has 0 saturated carbocycles. The molecule has 0 radical (unpaired) electrons. The third-order valence-electron chi connectivity index (χ3n) is 10.5. The van der Waals surface area contributed by atoms with E-state index in [-0.39, 0.29) is 39.3 Å². The van der Waals surface area contributed by atoms with E-state index in [4.69, 9.17) is 39.1 Å². The number of benzene rings is 2. The van der Waals surface area contributed by atoms with Gasteiger partial charge in [-0.1, -0.05) is 36.4 Å². The topological polar surface area (TPSA) is 235 Å².